The van der Waals surface area contributed by atoms with E-state index in [0.717, 1.165) is 0 Å². The molecule has 1 amide bonds. The fourth-order valence-corrected chi connectivity index (χ4v) is 1.47. The van der Waals surface area contributed by atoms with Gasteiger partial charge in [0.1, 0.15) is 12.1 Å². The minimum atomic E-state index is -0.308. The van der Waals surface area contributed by atoms with Gasteiger partial charge in [-0.25, -0.2) is 9.97 Å². The monoisotopic (exact) mass is 266 g/mol. The summed E-state index contributed by atoms with van der Waals surface area (Å²) in [6.45, 7) is 0.238. The van der Waals surface area contributed by atoms with Gasteiger partial charge in [-0.1, -0.05) is 11.6 Å². The Labute approximate surface area is 108 Å². The molecule has 0 fully saturated rings. The van der Waals surface area contributed by atoms with Crippen molar-refractivity contribution in [3.63, 3.8) is 0 Å². The lowest BCUT2D eigenvalue weighted by molar-refractivity contribution is 0.0949. The molecule has 18 heavy (non-hydrogen) atoms. The number of nitrogens with two attached hydrogens (primary N) is 1. The van der Waals surface area contributed by atoms with Gasteiger partial charge in [0.15, 0.2) is 5.82 Å². The first-order chi connectivity index (χ1) is 8.56. The second-order valence-electron chi connectivity index (χ2n) is 3.61. The van der Waals surface area contributed by atoms with Crippen LogP contribution in [0.15, 0.2) is 18.6 Å². The molecule has 3 N–H and O–H groups in total. The molecule has 2 rings (SSSR count). The van der Waals surface area contributed by atoms with Gasteiger partial charge in [-0.05, 0) is 6.07 Å². The molecule has 0 spiro atoms. The number of nitrogen functional groups attached to an aromatic ring is 1. The van der Waals surface area contributed by atoms with E-state index >= 15 is 0 Å². The van der Waals surface area contributed by atoms with Gasteiger partial charge >= 0.3 is 0 Å². The van der Waals surface area contributed by atoms with Crippen molar-refractivity contribution in [2.24, 2.45) is 7.05 Å². The van der Waals surface area contributed by atoms with E-state index in [2.05, 4.69) is 20.4 Å². The van der Waals surface area contributed by atoms with Crippen LogP contribution in [0.4, 0.5) is 5.82 Å². The van der Waals surface area contributed by atoms with Crippen LogP contribution in [0, 0.1) is 0 Å². The number of nitrogens with zero attached hydrogens (tertiary/aromatic N) is 4. The largest absolute Gasteiger partial charge is 0.382 e. The van der Waals surface area contributed by atoms with Crippen molar-refractivity contribution in [2.75, 3.05) is 5.73 Å². The number of anilines is 1. The molecule has 94 valence electrons. The fourth-order valence-electron chi connectivity index (χ4n) is 1.30. The molecule has 0 atom stereocenters. The summed E-state index contributed by atoms with van der Waals surface area (Å²) in [5, 5.41) is 6.94. The van der Waals surface area contributed by atoms with Crippen molar-refractivity contribution in [1.82, 2.24) is 25.1 Å². The summed E-state index contributed by atoms with van der Waals surface area (Å²) in [5.74, 6) is 0.414. The van der Waals surface area contributed by atoms with Crippen molar-refractivity contribution in [1.29, 1.82) is 0 Å². The molecule has 0 saturated carbocycles. The van der Waals surface area contributed by atoms with E-state index in [9.17, 15) is 4.79 Å². The standard InChI is InChI=1S/C10H11ClN6O/c1-17-5-15-8(16-17)4-14-10(18)6-2-7(11)9(12)13-3-6/h2-3,5H,4H2,1H3,(H2,12,13)(H,14,18). The van der Waals surface area contributed by atoms with E-state index in [-0.39, 0.29) is 23.3 Å². The molecule has 8 heteroatoms. The van der Waals surface area contributed by atoms with Gasteiger partial charge < -0.3 is 11.1 Å². The lowest BCUT2D eigenvalue weighted by Gasteiger charge is -2.03. The van der Waals surface area contributed by atoms with Crippen molar-refractivity contribution in [3.8, 4) is 0 Å². The molecular formula is C10H11ClN6O. The lowest BCUT2D eigenvalue weighted by atomic mass is 10.2. The second kappa shape index (κ2) is 5.01. The molecular weight excluding hydrogens is 256 g/mol. The van der Waals surface area contributed by atoms with Crippen LogP contribution in [0.3, 0.4) is 0 Å². The van der Waals surface area contributed by atoms with E-state index < -0.39 is 0 Å². The number of aromatic nitrogens is 4. The highest BCUT2D eigenvalue weighted by Crippen LogP contribution is 2.16. The molecule has 0 aliphatic carbocycles. The average molecular weight is 267 g/mol. The molecule has 0 aromatic carbocycles. The predicted molar refractivity (Wildman–Crippen MR) is 65.8 cm³/mol. The zero-order valence-electron chi connectivity index (χ0n) is 9.59. The minimum absolute atomic E-state index is 0.194. The summed E-state index contributed by atoms with van der Waals surface area (Å²) in [4.78, 5) is 19.6. The molecule has 0 aliphatic heterocycles. The number of aryl methyl sites for hydroxylation is 1. The second-order valence-corrected chi connectivity index (χ2v) is 4.02. The minimum Gasteiger partial charge on any atom is -0.382 e. The zero-order valence-corrected chi connectivity index (χ0v) is 10.3. The van der Waals surface area contributed by atoms with Crippen LogP contribution in [0.5, 0.6) is 0 Å². The Morgan fingerprint density at radius 2 is 2.33 bits per heavy atom. The summed E-state index contributed by atoms with van der Waals surface area (Å²) in [7, 11) is 1.75. The Bertz CT molecular complexity index is 581. The molecule has 7 nitrogen and oxygen atoms in total. The van der Waals surface area contributed by atoms with Gasteiger partial charge in [-0.15, -0.1) is 0 Å². The molecule has 2 aromatic rings. The van der Waals surface area contributed by atoms with E-state index in [1.54, 1.807) is 18.1 Å². The highest BCUT2D eigenvalue weighted by atomic mass is 35.5. The molecule has 0 aliphatic rings. The van der Waals surface area contributed by atoms with Crippen LogP contribution in [0.25, 0.3) is 0 Å². The van der Waals surface area contributed by atoms with Crippen molar-refractivity contribution >= 4 is 23.3 Å². The van der Waals surface area contributed by atoms with Gasteiger partial charge in [-0.3, -0.25) is 9.48 Å². The summed E-state index contributed by atoms with van der Waals surface area (Å²) in [6, 6.07) is 1.46. The summed E-state index contributed by atoms with van der Waals surface area (Å²) in [5.41, 5.74) is 5.80. The topological polar surface area (TPSA) is 98.7 Å². The van der Waals surface area contributed by atoms with E-state index in [1.807, 2.05) is 0 Å². The van der Waals surface area contributed by atoms with Crippen LogP contribution in [0.2, 0.25) is 5.02 Å². The Hall–Kier alpha value is -2.15. The third-order valence-corrected chi connectivity index (χ3v) is 2.49. The van der Waals surface area contributed by atoms with E-state index in [4.69, 9.17) is 17.3 Å². The van der Waals surface area contributed by atoms with Crippen molar-refractivity contribution in [3.05, 3.63) is 35.0 Å². The van der Waals surface area contributed by atoms with Gasteiger partial charge in [-0.2, -0.15) is 5.10 Å². The normalized spacial score (nSPS) is 10.3. The number of rotatable bonds is 3. The number of amides is 1. The first-order valence-electron chi connectivity index (χ1n) is 5.10. The van der Waals surface area contributed by atoms with Crippen LogP contribution < -0.4 is 11.1 Å². The highest BCUT2D eigenvalue weighted by Gasteiger charge is 2.09. The first-order valence-corrected chi connectivity index (χ1v) is 5.48. The maximum atomic E-state index is 11.8. The third kappa shape index (κ3) is 2.75. The summed E-state index contributed by atoms with van der Waals surface area (Å²) in [6.07, 6.45) is 2.92. The van der Waals surface area contributed by atoms with Crippen molar-refractivity contribution in [2.45, 2.75) is 6.54 Å². The Morgan fingerprint density at radius 3 is 2.94 bits per heavy atom. The molecule has 0 saturated heterocycles. The molecule has 0 unspecified atom stereocenters. The van der Waals surface area contributed by atoms with Gasteiger partial charge in [0.05, 0.1) is 17.1 Å². The highest BCUT2D eigenvalue weighted by molar-refractivity contribution is 6.33. The van der Waals surface area contributed by atoms with E-state index in [0.29, 0.717) is 11.4 Å². The Balaban J connectivity index is 2.01. The molecule has 2 aromatic heterocycles. The van der Waals surface area contributed by atoms with Crippen molar-refractivity contribution < 1.29 is 4.79 Å². The quantitative estimate of drug-likeness (QED) is 0.837. The van der Waals surface area contributed by atoms with Crippen LogP contribution in [0.1, 0.15) is 16.2 Å². The summed E-state index contributed by atoms with van der Waals surface area (Å²) >= 11 is 5.78. The third-order valence-electron chi connectivity index (χ3n) is 2.19. The SMILES string of the molecule is Cn1cnc(CNC(=O)c2cnc(N)c(Cl)c2)n1. The maximum Gasteiger partial charge on any atom is 0.253 e. The number of halogens is 1. The van der Waals surface area contributed by atoms with Crippen LogP contribution in [-0.2, 0) is 13.6 Å². The number of pyridine rings is 1. The number of nitrogens with one attached hydrogen (secondary N) is 1. The molecule has 0 bridgehead atoms. The fraction of sp³-hybridized carbons (Fsp3) is 0.200. The number of hydrogen-bond acceptors (Lipinski definition) is 5. The zero-order chi connectivity index (χ0) is 13.1. The average Bonchev–Trinajstić information content (AvgIpc) is 2.75. The number of carbonyl (C=O) groups is 1. The van der Waals surface area contributed by atoms with E-state index in [1.165, 1.54) is 12.3 Å². The smallest absolute Gasteiger partial charge is 0.253 e. The number of carbonyl (C=O) groups excluding carboxylic acids is 1. The van der Waals surface area contributed by atoms with Crippen LogP contribution >= 0.6 is 11.6 Å². The summed E-state index contributed by atoms with van der Waals surface area (Å²) < 4.78 is 1.56. The van der Waals surface area contributed by atoms with Gasteiger partial charge in [0.2, 0.25) is 0 Å². The van der Waals surface area contributed by atoms with Crippen LogP contribution in [-0.4, -0.2) is 25.7 Å². The van der Waals surface area contributed by atoms with Gasteiger partial charge in [0.25, 0.3) is 5.91 Å². The Kier molecular flexibility index (Phi) is 3.42. The predicted octanol–water partition coefficient (Wildman–Crippen LogP) is 0.376. The number of hydrogen-bond donors (Lipinski definition) is 2. The van der Waals surface area contributed by atoms with Gasteiger partial charge in [0, 0.05) is 13.2 Å². The Morgan fingerprint density at radius 1 is 1.56 bits per heavy atom. The first kappa shape index (κ1) is 12.3. The maximum absolute atomic E-state index is 11.8. The lowest BCUT2D eigenvalue weighted by Crippen LogP contribution is -2.23. The molecule has 0 radical (unpaired) electrons. The molecule has 2 heterocycles.